The average molecular weight is 206 g/mol. The molecule has 0 aliphatic heterocycles. The van der Waals surface area contributed by atoms with Crippen LogP contribution in [0.2, 0.25) is 0 Å². The lowest BCUT2D eigenvalue weighted by Gasteiger charge is -2.02. The molecule has 1 aliphatic carbocycles. The first kappa shape index (κ1) is 10.1. The minimum atomic E-state index is 0.134. The van der Waals surface area contributed by atoms with Gasteiger partial charge >= 0.3 is 6.01 Å². The van der Waals surface area contributed by atoms with Gasteiger partial charge in [0.25, 0.3) is 0 Å². The molecule has 0 radical (unpaired) electrons. The summed E-state index contributed by atoms with van der Waals surface area (Å²) in [7, 11) is 1.50. The van der Waals surface area contributed by atoms with Crippen LogP contribution in [0.3, 0.4) is 0 Å². The Bertz CT molecular complexity index is 384. The zero-order valence-corrected chi connectivity index (χ0v) is 9.15. The van der Waals surface area contributed by atoms with Crippen LogP contribution < -0.4 is 4.74 Å². The van der Waals surface area contributed by atoms with Crippen LogP contribution in [0, 0.1) is 11.3 Å². The first-order valence-electron chi connectivity index (χ1n) is 4.95. The number of rotatable bonds is 3. The summed E-state index contributed by atoms with van der Waals surface area (Å²) in [5.74, 6) is 0.275. The van der Waals surface area contributed by atoms with Crippen molar-refractivity contribution in [2.45, 2.75) is 20.3 Å². The van der Waals surface area contributed by atoms with Gasteiger partial charge in [0.1, 0.15) is 0 Å². The van der Waals surface area contributed by atoms with Crippen molar-refractivity contribution < 1.29 is 9.53 Å². The molecule has 1 atom stereocenters. The number of nitrogens with zero attached hydrogens (tertiary/aromatic N) is 2. The molecule has 4 heteroatoms. The molecule has 1 heterocycles. The van der Waals surface area contributed by atoms with Crippen molar-refractivity contribution in [2.75, 3.05) is 7.11 Å². The van der Waals surface area contributed by atoms with Gasteiger partial charge in [0, 0.05) is 18.3 Å². The van der Waals surface area contributed by atoms with Crippen LogP contribution in [0.15, 0.2) is 12.4 Å². The maximum absolute atomic E-state index is 11.9. The number of methoxy groups -OCH3 is 1. The van der Waals surface area contributed by atoms with E-state index in [1.807, 2.05) is 0 Å². The molecule has 1 aliphatic rings. The Morgan fingerprint density at radius 2 is 2.00 bits per heavy atom. The van der Waals surface area contributed by atoms with E-state index < -0.39 is 0 Å². The van der Waals surface area contributed by atoms with E-state index in [1.165, 1.54) is 19.5 Å². The second-order valence-corrected chi connectivity index (χ2v) is 4.57. The standard InChI is InChI=1S/C11H14N2O2/c1-11(2)4-8(11)9(14)7-5-12-10(15-3)13-6-7/h5-6,8H,4H2,1-3H3. The fraction of sp³-hybridized carbons (Fsp3) is 0.545. The lowest BCUT2D eigenvalue weighted by molar-refractivity contribution is 0.0952. The number of ketones is 1. The molecule has 4 nitrogen and oxygen atoms in total. The fourth-order valence-corrected chi connectivity index (χ4v) is 1.66. The van der Waals surface area contributed by atoms with Gasteiger partial charge in [0.05, 0.1) is 12.7 Å². The van der Waals surface area contributed by atoms with Crippen LogP contribution in [0.1, 0.15) is 30.6 Å². The van der Waals surface area contributed by atoms with Crippen LogP contribution in [-0.4, -0.2) is 22.9 Å². The maximum atomic E-state index is 11.9. The molecule has 0 saturated heterocycles. The quantitative estimate of drug-likeness (QED) is 0.706. The predicted octanol–water partition coefficient (Wildman–Crippen LogP) is 1.71. The third kappa shape index (κ3) is 1.84. The highest BCUT2D eigenvalue weighted by Crippen LogP contribution is 2.52. The lowest BCUT2D eigenvalue weighted by atomic mass is 10.0. The molecule has 1 fully saturated rings. The Kier molecular flexibility index (Phi) is 2.21. The molecule has 0 aromatic carbocycles. The van der Waals surface area contributed by atoms with Gasteiger partial charge in [-0.05, 0) is 11.8 Å². The highest BCUT2D eigenvalue weighted by molar-refractivity contribution is 5.99. The van der Waals surface area contributed by atoms with Crippen LogP contribution in [0.25, 0.3) is 0 Å². The third-order valence-corrected chi connectivity index (χ3v) is 2.93. The molecule has 1 aromatic rings. The van der Waals surface area contributed by atoms with E-state index in [0.29, 0.717) is 11.6 Å². The van der Waals surface area contributed by atoms with Crippen LogP contribution in [0.5, 0.6) is 6.01 Å². The first-order chi connectivity index (χ1) is 7.04. The number of aromatic nitrogens is 2. The predicted molar refractivity (Wildman–Crippen MR) is 54.8 cm³/mol. The first-order valence-corrected chi connectivity index (χ1v) is 4.95. The Morgan fingerprint density at radius 1 is 1.47 bits per heavy atom. The molecule has 1 unspecified atom stereocenters. The fourth-order valence-electron chi connectivity index (χ4n) is 1.66. The van der Waals surface area contributed by atoms with Crippen molar-refractivity contribution in [3.05, 3.63) is 18.0 Å². The largest absolute Gasteiger partial charge is 0.467 e. The van der Waals surface area contributed by atoms with Gasteiger partial charge in [-0.3, -0.25) is 4.79 Å². The van der Waals surface area contributed by atoms with Gasteiger partial charge in [0.15, 0.2) is 5.78 Å². The minimum Gasteiger partial charge on any atom is -0.467 e. The number of Topliss-reactive ketones (excluding diaryl/α,β-unsaturated/α-hetero) is 1. The number of hydrogen-bond donors (Lipinski definition) is 0. The van der Waals surface area contributed by atoms with Crippen molar-refractivity contribution in [3.8, 4) is 6.01 Å². The molecule has 0 N–H and O–H groups in total. The van der Waals surface area contributed by atoms with Gasteiger partial charge in [-0.25, -0.2) is 9.97 Å². The topological polar surface area (TPSA) is 52.1 Å². The third-order valence-electron chi connectivity index (χ3n) is 2.93. The summed E-state index contributed by atoms with van der Waals surface area (Å²) in [6, 6.07) is 0.293. The number of ether oxygens (including phenoxy) is 1. The van der Waals surface area contributed by atoms with Crippen molar-refractivity contribution in [2.24, 2.45) is 11.3 Å². The molecule has 80 valence electrons. The highest BCUT2D eigenvalue weighted by atomic mass is 16.5. The van der Waals surface area contributed by atoms with Crippen molar-refractivity contribution in [3.63, 3.8) is 0 Å². The van der Waals surface area contributed by atoms with Gasteiger partial charge < -0.3 is 4.74 Å². The van der Waals surface area contributed by atoms with E-state index in [9.17, 15) is 4.79 Å². The van der Waals surface area contributed by atoms with Crippen molar-refractivity contribution in [1.29, 1.82) is 0 Å². The Morgan fingerprint density at radius 3 is 2.40 bits per heavy atom. The molecule has 2 rings (SSSR count). The number of hydrogen-bond acceptors (Lipinski definition) is 4. The minimum absolute atomic E-state index is 0.134. The van der Waals surface area contributed by atoms with Gasteiger partial charge in [0.2, 0.25) is 0 Å². The SMILES string of the molecule is COc1ncc(C(=O)C2CC2(C)C)cn1. The van der Waals surface area contributed by atoms with Gasteiger partial charge in [-0.1, -0.05) is 13.8 Å². The summed E-state index contributed by atoms with van der Waals surface area (Å²) in [6.45, 7) is 4.19. The Balaban J connectivity index is 2.13. The van der Waals surface area contributed by atoms with Crippen LogP contribution in [-0.2, 0) is 0 Å². The summed E-state index contributed by atoms with van der Waals surface area (Å²) in [5, 5.41) is 0. The monoisotopic (exact) mass is 206 g/mol. The highest BCUT2D eigenvalue weighted by Gasteiger charge is 2.50. The zero-order chi connectivity index (χ0) is 11.1. The molecular formula is C11H14N2O2. The van der Waals surface area contributed by atoms with E-state index in [-0.39, 0.29) is 17.1 Å². The zero-order valence-electron chi connectivity index (χ0n) is 9.15. The second kappa shape index (κ2) is 3.29. The van der Waals surface area contributed by atoms with E-state index in [2.05, 4.69) is 23.8 Å². The van der Waals surface area contributed by atoms with Gasteiger partial charge in [-0.2, -0.15) is 0 Å². The van der Waals surface area contributed by atoms with Gasteiger partial charge in [-0.15, -0.1) is 0 Å². The lowest BCUT2D eigenvalue weighted by Crippen LogP contribution is -2.07. The molecule has 1 aromatic heterocycles. The number of carbonyl (C=O) groups excluding carboxylic acids is 1. The van der Waals surface area contributed by atoms with Crippen LogP contribution >= 0.6 is 0 Å². The molecule has 0 amide bonds. The van der Waals surface area contributed by atoms with E-state index in [4.69, 9.17) is 4.74 Å². The summed E-state index contributed by atoms with van der Waals surface area (Å²) < 4.78 is 4.83. The summed E-state index contributed by atoms with van der Waals surface area (Å²) in [5.41, 5.74) is 0.725. The summed E-state index contributed by atoms with van der Waals surface area (Å²) >= 11 is 0. The Labute approximate surface area is 88.7 Å². The molecule has 15 heavy (non-hydrogen) atoms. The number of carbonyl (C=O) groups is 1. The Hall–Kier alpha value is -1.45. The normalized spacial score (nSPS) is 22.2. The van der Waals surface area contributed by atoms with Crippen LogP contribution in [0.4, 0.5) is 0 Å². The molecule has 1 saturated carbocycles. The van der Waals surface area contributed by atoms with Crippen molar-refractivity contribution >= 4 is 5.78 Å². The molecule has 0 bridgehead atoms. The maximum Gasteiger partial charge on any atom is 0.316 e. The summed E-state index contributed by atoms with van der Waals surface area (Å²) in [6.07, 6.45) is 4.02. The van der Waals surface area contributed by atoms with E-state index in [1.54, 1.807) is 0 Å². The molecular weight excluding hydrogens is 192 g/mol. The summed E-state index contributed by atoms with van der Waals surface area (Å²) in [4.78, 5) is 19.7. The average Bonchev–Trinajstić information content (AvgIpc) is 2.87. The van der Waals surface area contributed by atoms with E-state index in [0.717, 1.165) is 6.42 Å². The van der Waals surface area contributed by atoms with E-state index >= 15 is 0 Å². The smallest absolute Gasteiger partial charge is 0.316 e. The van der Waals surface area contributed by atoms with Crippen molar-refractivity contribution in [1.82, 2.24) is 9.97 Å². The second-order valence-electron chi connectivity index (χ2n) is 4.57. The molecule has 0 spiro atoms.